The molecule has 0 aromatic heterocycles. The topological polar surface area (TPSA) is 101 Å². The Morgan fingerprint density at radius 3 is 2.19 bits per heavy atom. The van der Waals surface area contributed by atoms with E-state index in [1.165, 1.54) is 6.92 Å². The second-order valence-electron chi connectivity index (χ2n) is 2.84. The van der Waals surface area contributed by atoms with Gasteiger partial charge in [0.2, 0.25) is 0 Å². The molecule has 0 fully saturated rings. The van der Waals surface area contributed by atoms with Crippen molar-refractivity contribution in [2.24, 2.45) is 0 Å². The molecule has 0 saturated carbocycles. The fourth-order valence-corrected chi connectivity index (χ4v) is 0.897. The summed E-state index contributed by atoms with van der Waals surface area (Å²) >= 11 is 0. The van der Waals surface area contributed by atoms with Crippen molar-refractivity contribution < 1.29 is 29.3 Å². The summed E-state index contributed by atoms with van der Waals surface area (Å²) in [5.41, 5.74) is -0.563. The number of hydrogen-bond acceptors (Lipinski definition) is 4. The van der Waals surface area contributed by atoms with Crippen LogP contribution in [0.3, 0.4) is 0 Å². The average molecular weight is 228 g/mol. The molecule has 0 aliphatic heterocycles. The smallest absolute Gasteiger partial charge is 0.332 e. The zero-order chi connectivity index (χ0) is 12.7. The quantitative estimate of drug-likeness (QED) is 0.509. The van der Waals surface area contributed by atoms with Crippen LogP contribution in [0.25, 0.3) is 0 Å². The molecule has 2 N–H and O–H groups in total. The minimum atomic E-state index is -1.34. The lowest BCUT2D eigenvalue weighted by Gasteiger charge is -2.05. The molecule has 0 atom stereocenters. The highest BCUT2D eigenvalue weighted by molar-refractivity contribution is 5.98. The third-order valence-electron chi connectivity index (χ3n) is 1.79. The molecule has 6 nitrogen and oxygen atoms in total. The number of carbonyl (C=O) groups excluding carboxylic acids is 1. The highest BCUT2D eigenvalue weighted by Crippen LogP contribution is 2.09. The van der Waals surface area contributed by atoms with Crippen LogP contribution in [0.4, 0.5) is 0 Å². The first-order chi connectivity index (χ1) is 7.40. The SMILES string of the molecule is C=CC(=O)OCC/C(C(=O)O)=C(\C)C(=O)O. The lowest BCUT2D eigenvalue weighted by Crippen LogP contribution is -2.12. The van der Waals surface area contributed by atoms with E-state index in [1.807, 2.05) is 0 Å². The normalized spacial score (nSPS) is 11.3. The van der Waals surface area contributed by atoms with Crippen LogP contribution < -0.4 is 0 Å². The van der Waals surface area contributed by atoms with Crippen molar-refractivity contribution in [1.82, 2.24) is 0 Å². The second-order valence-corrected chi connectivity index (χ2v) is 2.84. The van der Waals surface area contributed by atoms with Gasteiger partial charge in [0.25, 0.3) is 0 Å². The Labute approximate surface area is 91.8 Å². The lowest BCUT2D eigenvalue weighted by atomic mass is 10.1. The van der Waals surface area contributed by atoms with Crippen molar-refractivity contribution in [3.8, 4) is 0 Å². The van der Waals surface area contributed by atoms with Crippen molar-refractivity contribution in [2.45, 2.75) is 13.3 Å². The van der Waals surface area contributed by atoms with Crippen LogP contribution in [0.1, 0.15) is 13.3 Å². The van der Waals surface area contributed by atoms with Gasteiger partial charge >= 0.3 is 17.9 Å². The van der Waals surface area contributed by atoms with E-state index in [0.717, 1.165) is 6.08 Å². The van der Waals surface area contributed by atoms with Crippen LogP contribution in [-0.2, 0) is 19.1 Å². The first-order valence-corrected chi connectivity index (χ1v) is 4.35. The lowest BCUT2D eigenvalue weighted by molar-refractivity contribution is -0.139. The molecule has 0 amide bonds. The van der Waals surface area contributed by atoms with E-state index in [4.69, 9.17) is 10.2 Å². The number of ether oxygens (including phenoxy) is 1. The number of hydrogen-bond donors (Lipinski definition) is 2. The van der Waals surface area contributed by atoms with E-state index >= 15 is 0 Å². The van der Waals surface area contributed by atoms with E-state index in [1.54, 1.807) is 0 Å². The number of rotatable bonds is 6. The van der Waals surface area contributed by atoms with Crippen LogP contribution in [0.15, 0.2) is 23.8 Å². The number of carbonyl (C=O) groups is 3. The summed E-state index contributed by atoms with van der Waals surface area (Å²) in [6, 6.07) is 0. The van der Waals surface area contributed by atoms with Crippen LogP contribution in [0.2, 0.25) is 0 Å². The molecular weight excluding hydrogens is 216 g/mol. The van der Waals surface area contributed by atoms with Gasteiger partial charge < -0.3 is 14.9 Å². The molecule has 0 aromatic rings. The Balaban J connectivity index is 4.55. The molecule has 0 rings (SSSR count). The number of esters is 1. The van der Waals surface area contributed by atoms with Crippen molar-refractivity contribution in [1.29, 1.82) is 0 Å². The average Bonchev–Trinajstić information content (AvgIpc) is 2.22. The summed E-state index contributed by atoms with van der Waals surface area (Å²) in [6.07, 6.45) is 0.779. The molecule has 0 aliphatic rings. The molecule has 0 heterocycles. The minimum Gasteiger partial charge on any atom is -0.478 e. The molecular formula is C10H12O6. The van der Waals surface area contributed by atoms with Crippen molar-refractivity contribution in [3.05, 3.63) is 23.8 Å². The van der Waals surface area contributed by atoms with E-state index in [9.17, 15) is 14.4 Å². The summed E-state index contributed by atoms with van der Waals surface area (Å²) in [7, 11) is 0. The highest BCUT2D eigenvalue weighted by atomic mass is 16.5. The molecule has 0 unspecified atom stereocenters. The van der Waals surface area contributed by atoms with Gasteiger partial charge in [-0.15, -0.1) is 0 Å². The fraction of sp³-hybridized carbons (Fsp3) is 0.300. The van der Waals surface area contributed by atoms with Gasteiger partial charge in [-0.05, 0) is 6.92 Å². The summed E-state index contributed by atoms with van der Waals surface area (Å²) in [5.74, 6) is -3.33. The number of aliphatic carboxylic acids is 2. The maximum Gasteiger partial charge on any atom is 0.332 e. The van der Waals surface area contributed by atoms with E-state index < -0.39 is 17.9 Å². The Morgan fingerprint density at radius 1 is 1.25 bits per heavy atom. The van der Waals surface area contributed by atoms with E-state index in [-0.39, 0.29) is 24.2 Å². The Bertz CT molecular complexity index is 352. The van der Waals surface area contributed by atoms with Crippen molar-refractivity contribution >= 4 is 17.9 Å². The van der Waals surface area contributed by atoms with Crippen LogP contribution >= 0.6 is 0 Å². The number of carboxylic acids is 2. The standard InChI is InChI=1S/C10H12O6/c1-3-8(11)16-5-4-7(10(14)15)6(2)9(12)13/h3H,1,4-5H2,2H3,(H,12,13)(H,14,15)/b7-6-. The third kappa shape index (κ3) is 4.41. The molecule has 88 valence electrons. The molecule has 6 heteroatoms. The zero-order valence-corrected chi connectivity index (χ0v) is 8.73. The van der Waals surface area contributed by atoms with Gasteiger partial charge in [-0.2, -0.15) is 0 Å². The van der Waals surface area contributed by atoms with Gasteiger partial charge in [0, 0.05) is 18.1 Å². The summed E-state index contributed by atoms with van der Waals surface area (Å²) in [4.78, 5) is 31.9. The maximum atomic E-state index is 10.7. The van der Waals surface area contributed by atoms with Gasteiger partial charge in [-0.1, -0.05) is 6.58 Å². The third-order valence-corrected chi connectivity index (χ3v) is 1.79. The first-order valence-electron chi connectivity index (χ1n) is 4.35. The first kappa shape index (κ1) is 13.9. The number of carboxylic acid groups (broad SMARTS) is 2. The summed E-state index contributed by atoms with van der Waals surface area (Å²) in [6.45, 7) is 4.14. The fourth-order valence-electron chi connectivity index (χ4n) is 0.897. The van der Waals surface area contributed by atoms with Gasteiger partial charge in [0.1, 0.15) is 0 Å². The Morgan fingerprint density at radius 2 is 1.81 bits per heavy atom. The minimum absolute atomic E-state index is 0.160. The van der Waals surface area contributed by atoms with Crippen LogP contribution in [0, 0.1) is 0 Å². The predicted molar refractivity (Wildman–Crippen MR) is 53.7 cm³/mol. The molecule has 0 bridgehead atoms. The molecule has 0 spiro atoms. The van der Waals surface area contributed by atoms with Gasteiger partial charge in [-0.3, -0.25) is 0 Å². The van der Waals surface area contributed by atoms with Gasteiger partial charge in [-0.25, -0.2) is 14.4 Å². The van der Waals surface area contributed by atoms with E-state index in [0.29, 0.717) is 0 Å². The van der Waals surface area contributed by atoms with Gasteiger partial charge in [0.15, 0.2) is 0 Å². The summed E-state index contributed by atoms with van der Waals surface area (Å²) in [5, 5.41) is 17.3. The molecule has 0 saturated heterocycles. The Hall–Kier alpha value is -2.11. The van der Waals surface area contributed by atoms with Crippen LogP contribution in [-0.4, -0.2) is 34.7 Å². The zero-order valence-electron chi connectivity index (χ0n) is 8.73. The van der Waals surface area contributed by atoms with E-state index in [2.05, 4.69) is 11.3 Å². The predicted octanol–water partition coefficient (Wildman–Crippen LogP) is 0.591. The molecule has 0 radical (unpaired) electrons. The Kier molecular flexibility index (Phi) is 5.55. The second kappa shape index (κ2) is 6.39. The maximum absolute atomic E-state index is 10.7. The molecule has 16 heavy (non-hydrogen) atoms. The van der Waals surface area contributed by atoms with Gasteiger partial charge in [0.05, 0.1) is 12.2 Å². The summed E-state index contributed by atoms with van der Waals surface area (Å²) < 4.78 is 4.55. The molecule has 0 aromatic carbocycles. The highest BCUT2D eigenvalue weighted by Gasteiger charge is 2.16. The van der Waals surface area contributed by atoms with Crippen molar-refractivity contribution in [2.75, 3.05) is 6.61 Å². The molecule has 0 aliphatic carbocycles. The monoisotopic (exact) mass is 228 g/mol. The van der Waals surface area contributed by atoms with Crippen LogP contribution in [0.5, 0.6) is 0 Å². The largest absolute Gasteiger partial charge is 0.478 e. The van der Waals surface area contributed by atoms with Crippen molar-refractivity contribution in [3.63, 3.8) is 0 Å².